The number of carbonyl (C=O) groups excluding carboxylic acids is 1. The molecule has 7 nitrogen and oxygen atoms in total. The minimum atomic E-state index is -0.133. The molecule has 1 fully saturated rings. The fourth-order valence-electron chi connectivity index (χ4n) is 2.64. The lowest BCUT2D eigenvalue weighted by atomic mass is 10.2. The summed E-state index contributed by atoms with van der Waals surface area (Å²) in [6, 6.07) is -0.133. The molecule has 23 heavy (non-hydrogen) atoms. The van der Waals surface area contributed by atoms with Crippen molar-refractivity contribution in [3.63, 3.8) is 0 Å². The molecule has 0 N–H and O–H groups in total. The van der Waals surface area contributed by atoms with Crippen LogP contribution in [-0.4, -0.2) is 39.6 Å². The second kappa shape index (κ2) is 6.76. The zero-order valence-corrected chi connectivity index (χ0v) is 14.3. The summed E-state index contributed by atoms with van der Waals surface area (Å²) < 4.78 is 10.3. The molecule has 2 aromatic rings. The Morgan fingerprint density at radius 1 is 1.52 bits per heavy atom. The van der Waals surface area contributed by atoms with Gasteiger partial charge in [0.1, 0.15) is 10.7 Å². The standard InChI is InChI=1S/C15H20N4O3S/c1-9(2)14-17-13(18-22-14)11-5-4-6-19(11)15(20)10-8-23-12(16-10)7-21-3/h8-9,11H,4-7H2,1-3H3/t11-/m1/s1. The lowest BCUT2D eigenvalue weighted by Crippen LogP contribution is -2.31. The minimum absolute atomic E-state index is 0.0815. The van der Waals surface area contributed by atoms with Gasteiger partial charge in [-0.2, -0.15) is 4.98 Å². The highest BCUT2D eigenvalue weighted by molar-refractivity contribution is 7.09. The van der Waals surface area contributed by atoms with Gasteiger partial charge in [-0.25, -0.2) is 4.98 Å². The van der Waals surface area contributed by atoms with E-state index in [0.29, 0.717) is 30.6 Å². The monoisotopic (exact) mass is 336 g/mol. The molecule has 0 bridgehead atoms. The number of nitrogens with zero attached hydrogens (tertiary/aromatic N) is 4. The summed E-state index contributed by atoms with van der Waals surface area (Å²) in [5.74, 6) is 1.29. The van der Waals surface area contributed by atoms with Crippen molar-refractivity contribution in [1.82, 2.24) is 20.0 Å². The maximum atomic E-state index is 12.7. The summed E-state index contributed by atoms with van der Waals surface area (Å²) in [6.45, 7) is 5.11. The van der Waals surface area contributed by atoms with Crippen molar-refractivity contribution in [2.75, 3.05) is 13.7 Å². The van der Waals surface area contributed by atoms with Gasteiger partial charge in [0.25, 0.3) is 5.91 Å². The van der Waals surface area contributed by atoms with Gasteiger partial charge in [-0.3, -0.25) is 4.79 Å². The van der Waals surface area contributed by atoms with E-state index in [1.807, 2.05) is 13.8 Å². The van der Waals surface area contributed by atoms with E-state index in [0.717, 1.165) is 17.8 Å². The molecule has 0 saturated carbocycles. The summed E-state index contributed by atoms with van der Waals surface area (Å²) in [7, 11) is 1.61. The van der Waals surface area contributed by atoms with E-state index < -0.39 is 0 Å². The Balaban J connectivity index is 1.78. The van der Waals surface area contributed by atoms with Crippen LogP contribution in [0.1, 0.15) is 65.9 Å². The van der Waals surface area contributed by atoms with Crippen LogP contribution in [0.15, 0.2) is 9.90 Å². The molecule has 1 aliphatic heterocycles. The third kappa shape index (κ3) is 3.28. The van der Waals surface area contributed by atoms with Gasteiger partial charge in [-0.15, -0.1) is 11.3 Å². The first-order valence-corrected chi connectivity index (χ1v) is 8.56. The van der Waals surface area contributed by atoms with Crippen LogP contribution in [-0.2, 0) is 11.3 Å². The quantitative estimate of drug-likeness (QED) is 0.835. The SMILES string of the molecule is COCc1nc(C(=O)N2CCC[C@@H]2c2noc(C(C)C)n2)cs1. The van der Waals surface area contributed by atoms with E-state index >= 15 is 0 Å². The molecule has 0 spiro atoms. The predicted molar refractivity (Wildman–Crippen MR) is 84.2 cm³/mol. The van der Waals surface area contributed by atoms with E-state index in [1.165, 1.54) is 11.3 Å². The molecular formula is C15H20N4O3S. The van der Waals surface area contributed by atoms with Gasteiger partial charge in [0.05, 0.1) is 12.6 Å². The Hall–Kier alpha value is -1.80. The first-order chi connectivity index (χ1) is 11.1. The fourth-order valence-corrected chi connectivity index (χ4v) is 3.38. The van der Waals surface area contributed by atoms with E-state index in [1.54, 1.807) is 17.4 Å². The Kier molecular flexibility index (Phi) is 4.72. The summed E-state index contributed by atoms with van der Waals surface area (Å²) in [5, 5.41) is 6.64. The molecule has 0 radical (unpaired) electrons. The minimum Gasteiger partial charge on any atom is -0.378 e. The molecule has 0 aliphatic carbocycles. The normalized spacial score (nSPS) is 18.1. The molecule has 1 saturated heterocycles. The number of rotatable bonds is 5. The van der Waals surface area contributed by atoms with Crippen molar-refractivity contribution in [3.8, 4) is 0 Å². The van der Waals surface area contributed by atoms with Gasteiger partial charge in [-0.1, -0.05) is 19.0 Å². The molecule has 1 atom stereocenters. The van der Waals surface area contributed by atoms with E-state index in [-0.39, 0.29) is 17.9 Å². The fraction of sp³-hybridized carbons (Fsp3) is 0.600. The Labute approximate surface area is 138 Å². The highest BCUT2D eigenvalue weighted by atomic mass is 32.1. The van der Waals surface area contributed by atoms with Gasteiger partial charge in [-0.05, 0) is 12.8 Å². The van der Waals surface area contributed by atoms with Crippen LogP contribution in [0.25, 0.3) is 0 Å². The number of methoxy groups -OCH3 is 1. The van der Waals surface area contributed by atoms with Crippen LogP contribution in [0.4, 0.5) is 0 Å². The second-order valence-electron chi connectivity index (χ2n) is 5.86. The zero-order valence-electron chi connectivity index (χ0n) is 13.5. The smallest absolute Gasteiger partial charge is 0.273 e. The Morgan fingerprint density at radius 2 is 2.35 bits per heavy atom. The first-order valence-electron chi connectivity index (χ1n) is 7.68. The van der Waals surface area contributed by atoms with Crippen molar-refractivity contribution < 1.29 is 14.1 Å². The number of likely N-dealkylation sites (tertiary alicyclic amines) is 1. The molecule has 8 heteroatoms. The van der Waals surface area contributed by atoms with Gasteiger partial charge in [0.15, 0.2) is 5.82 Å². The number of aromatic nitrogens is 3. The molecular weight excluding hydrogens is 316 g/mol. The molecule has 0 aromatic carbocycles. The van der Waals surface area contributed by atoms with Gasteiger partial charge < -0.3 is 14.2 Å². The molecule has 3 rings (SSSR count). The maximum absolute atomic E-state index is 12.7. The van der Waals surface area contributed by atoms with E-state index in [4.69, 9.17) is 9.26 Å². The van der Waals surface area contributed by atoms with Gasteiger partial charge in [0, 0.05) is 25.0 Å². The number of hydrogen-bond acceptors (Lipinski definition) is 7. The van der Waals surface area contributed by atoms with Crippen LogP contribution in [0.5, 0.6) is 0 Å². The third-order valence-corrected chi connectivity index (χ3v) is 4.62. The van der Waals surface area contributed by atoms with Gasteiger partial charge >= 0.3 is 0 Å². The topological polar surface area (TPSA) is 81.4 Å². The highest BCUT2D eigenvalue weighted by Gasteiger charge is 2.35. The Bertz CT molecular complexity index is 682. The predicted octanol–water partition coefficient (Wildman–Crippen LogP) is 2.77. The van der Waals surface area contributed by atoms with Crippen LogP contribution >= 0.6 is 11.3 Å². The second-order valence-corrected chi connectivity index (χ2v) is 6.80. The average Bonchev–Trinajstić information content (AvgIpc) is 3.26. The average molecular weight is 336 g/mol. The number of thiazole rings is 1. The van der Waals surface area contributed by atoms with Crippen LogP contribution in [0, 0.1) is 0 Å². The first kappa shape index (κ1) is 16.1. The lowest BCUT2D eigenvalue weighted by Gasteiger charge is -2.21. The van der Waals surface area contributed by atoms with Gasteiger partial charge in [0.2, 0.25) is 5.89 Å². The van der Waals surface area contributed by atoms with Crippen LogP contribution in [0.3, 0.4) is 0 Å². The third-order valence-electron chi connectivity index (χ3n) is 3.80. The van der Waals surface area contributed by atoms with Crippen molar-refractivity contribution >= 4 is 17.2 Å². The number of carbonyl (C=O) groups is 1. The van der Waals surface area contributed by atoms with E-state index in [2.05, 4.69) is 15.1 Å². The largest absolute Gasteiger partial charge is 0.378 e. The number of amides is 1. The van der Waals surface area contributed by atoms with Crippen molar-refractivity contribution in [3.05, 3.63) is 27.8 Å². The molecule has 2 aromatic heterocycles. The number of hydrogen-bond donors (Lipinski definition) is 0. The van der Waals surface area contributed by atoms with Crippen LogP contribution in [0.2, 0.25) is 0 Å². The highest BCUT2D eigenvalue weighted by Crippen LogP contribution is 2.32. The van der Waals surface area contributed by atoms with Crippen molar-refractivity contribution in [2.45, 2.75) is 45.3 Å². The lowest BCUT2D eigenvalue weighted by molar-refractivity contribution is 0.0722. The maximum Gasteiger partial charge on any atom is 0.273 e. The summed E-state index contributed by atoms with van der Waals surface area (Å²) in [6.07, 6.45) is 1.77. The molecule has 124 valence electrons. The van der Waals surface area contributed by atoms with Crippen molar-refractivity contribution in [1.29, 1.82) is 0 Å². The van der Waals surface area contributed by atoms with Crippen molar-refractivity contribution in [2.24, 2.45) is 0 Å². The molecule has 1 amide bonds. The summed E-state index contributed by atoms with van der Waals surface area (Å²) >= 11 is 1.43. The molecule has 3 heterocycles. The van der Waals surface area contributed by atoms with E-state index in [9.17, 15) is 4.79 Å². The number of ether oxygens (including phenoxy) is 1. The zero-order chi connectivity index (χ0) is 16.4. The molecule has 0 unspecified atom stereocenters. The van der Waals surface area contributed by atoms with Crippen LogP contribution < -0.4 is 0 Å². The molecule has 1 aliphatic rings. The summed E-state index contributed by atoms with van der Waals surface area (Å²) in [5.41, 5.74) is 0.460. The summed E-state index contributed by atoms with van der Waals surface area (Å²) in [4.78, 5) is 23.3. The Morgan fingerprint density at radius 3 is 3.04 bits per heavy atom.